The molecule has 0 aliphatic rings. The van der Waals surface area contributed by atoms with Gasteiger partial charge in [-0.05, 0) is 17.5 Å². The molecule has 0 unspecified atom stereocenters. The van der Waals surface area contributed by atoms with Crippen LogP contribution in [-0.4, -0.2) is 19.5 Å². The lowest BCUT2D eigenvalue weighted by Crippen LogP contribution is -2.17. The van der Waals surface area contributed by atoms with Gasteiger partial charge in [-0.1, -0.05) is 0 Å². The lowest BCUT2D eigenvalue weighted by atomic mass is 10.5. The first-order valence-corrected chi connectivity index (χ1v) is 4.56. The summed E-state index contributed by atoms with van der Waals surface area (Å²) in [6.07, 6.45) is 0. The Hall–Kier alpha value is -0.210. The van der Waals surface area contributed by atoms with Gasteiger partial charge >= 0.3 is 0 Å². The predicted octanol–water partition coefficient (Wildman–Crippen LogP) is 2.42. The Bertz CT molecular complexity index is 174. The molecular formula is C7H10ClNS. The van der Waals surface area contributed by atoms with Crippen LogP contribution in [-0.2, 0) is 0 Å². The lowest BCUT2D eigenvalue weighted by Gasteiger charge is -2.13. The Morgan fingerprint density at radius 3 is 3.00 bits per heavy atom. The zero-order chi connectivity index (χ0) is 7.40. The van der Waals surface area contributed by atoms with Crippen molar-refractivity contribution in [2.75, 3.05) is 24.4 Å². The van der Waals surface area contributed by atoms with E-state index >= 15 is 0 Å². The summed E-state index contributed by atoms with van der Waals surface area (Å²) < 4.78 is 0. The summed E-state index contributed by atoms with van der Waals surface area (Å²) in [6.45, 7) is 0.919. The molecule has 0 saturated heterocycles. The number of hydrogen-bond acceptors (Lipinski definition) is 2. The molecular weight excluding hydrogens is 166 g/mol. The van der Waals surface area contributed by atoms with Gasteiger partial charge in [-0.15, -0.1) is 22.9 Å². The Kier molecular flexibility index (Phi) is 3.03. The van der Waals surface area contributed by atoms with Crippen molar-refractivity contribution in [2.45, 2.75) is 0 Å². The number of alkyl halides is 1. The normalized spacial score (nSPS) is 9.80. The molecule has 1 rings (SSSR count). The minimum atomic E-state index is 0.689. The molecule has 1 aromatic rings. The van der Waals surface area contributed by atoms with Crippen molar-refractivity contribution in [3.05, 3.63) is 17.5 Å². The van der Waals surface area contributed by atoms with Crippen LogP contribution >= 0.6 is 22.9 Å². The van der Waals surface area contributed by atoms with Gasteiger partial charge in [0.25, 0.3) is 0 Å². The van der Waals surface area contributed by atoms with Gasteiger partial charge < -0.3 is 4.90 Å². The van der Waals surface area contributed by atoms with Crippen LogP contribution in [0.4, 0.5) is 5.00 Å². The highest BCUT2D eigenvalue weighted by molar-refractivity contribution is 7.14. The summed E-state index contributed by atoms with van der Waals surface area (Å²) >= 11 is 7.31. The van der Waals surface area contributed by atoms with Crippen LogP contribution in [0, 0.1) is 0 Å². The largest absolute Gasteiger partial charge is 0.365 e. The van der Waals surface area contributed by atoms with Gasteiger partial charge in [-0.3, -0.25) is 0 Å². The fourth-order valence-electron chi connectivity index (χ4n) is 0.724. The third-order valence-corrected chi connectivity index (χ3v) is 2.45. The first-order chi connectivity index (χ1) is 4.84. The molecule has 0 saturated carbocycles. The monoisotopic (exact) mass is 175 g/mol. The van der Waals surface area contributed by atoms with E-state index < -0.39 is 0 Å². The topological polar surface area (TPSA) is 3.24 Å². The third kappa shape index (κ3) is 1.89. The first kappa shape index (κ1) is 7.89. The Balaban J connectivity index is 2.50. The molecule has 1 heterocycles. The van der Waals surface area contributed by atoms with Crippen LogP contribution in [0.1, 0.15) is 0 Å². The average Bonchev–Trinajstić information content (AvgIpc) is 2.38. The molecule has 3 heteroatoms. The quantitative estimate of drug-likeness (QED) is 0.638. The standard InChI is InChI=1S/C7H10ClNS/c1-9(5-4-8)7-3-2-6-10-7/h2-3,6H,4-5H2,1H3. The Morgan fingerprint density at radius 1 is 1.70 bits per heavy atom. The predicted molar refractivity (Wildman–Crippen MR) is 48.3 cm³/mol. The van der Waals surface area contributed by atoms with E-state index in [4.69, 9.17) is 11.6 Å². The summed E-state index contributed by atoms with van der Waals surface area (Å²) in [5.41, 5.74) is 0. The van der Waals surface area contributed by atoms with Crippen molar-refractivity contribution in [1.29, 1.82) is 0 Å². The maximum Gasteiger partial charge on any atom is 0.0906 e. The van der Waals surface area contributed by atoms with Crippen molar-refractivity contribution in [2.24, 2.45) is 0 Å². The van der Waals surface area contributed by atoms with Crippen molar-refractivity contribution >= 4 is 27.9 Å². The van der Waals surface area contributed by atoms with Crippen molar-refractivity contribution < 1.29 is 0 Å². The van der Waals surface area contributed by atoms with Crippen LogP contribution in [0.2, 0.25) is 0 Å². The number of rotatable bonds is 3. The van der Waals surface area contributed by atoms with Crippen LogP contribution in [0.5, 0.6) is 0 Å². The van der Waals surface area contributed by atoms with E-state index in [2.05, 4.69) is 16.3 Å². The van der Waals surface area contributed by atoms with Crippen LogP contribution < -0.4 is 4.90 Å². The molecule has 10 heavy (non-hydrogen) atoms. The summed E-state index contributed by atoms with van der Waals surface area (Å²) in [7, 11) is 2.05. The molecule has 0 aromatic carbocycles. The van der Waals surface area contributed by atoms with Gasteiger partial charge in [-0.25, -0.2) is 0 Å². The molecule has 1 aromatic heterocycles. The molecule has 0 bridgehead atoms. The van der Waals surface area contributed by atoms with Gasteiger partial charge in [0.2, 0.25) is 0 Å². The third-order valence-electron chi connectivity index (χ3n) is 1.30. The van der Waals surface area contributed by atoms with Crippen LogP contribution in [0.25, 0.3) is 0 Å². The molecule has 0 N–H and O–H groups in total. The van der Waals surface area contributed by atoms with E-state index in [-0.39, 0.29) is 0 Å². The van der Waals surface area contributed by atoms with Gasteiger partial charge in [0, 0.05) is 19.5 Å². The molecule has 0 aliphatic heterocycles. The van der Waals surface area contributed by atoms with Crippen molar-refractivity contribution in [3.63, 3.8) is 0 Å². The highest BCUT2D eigenvalue weighted by Crippen LogP contribution is 2.18. The van der Waals surface area contributed by atoms with Gasteiger partial charge in [-0.2, -0.15) is 0 Å². The SMILES string of the molecule is CN(CCCl)c1cccs1. The number of anilines is 1. The van der Waals surface area contributed by atoms with Crippen molar-refractivity contribution in [3.8, 4) is 0 Å². The Labute approximate surface area is 70.2 Å². The summed E-state index contributed by atoms with van der Waals surface area (Å²) in [5, 5.41) is 3.35. The lowest BCUT2D eigenvalue weighted by molar-refractivity contribution is 0.987. The van der Waals surface area contributed by atoms with E-state index in [0.29, 0.717) is 5.88 Å². The summed E-state index contributed by atoms with van der Waals surface area (Å²) in [6, 6.07) is 4.14. The number of halogens is 1. The van der Waals surface area contributed by atoms with Crippen LogP contribution in [0.15, 0.2) is 17.5 Å². The highest BCUT2D eigenvalue weighted by atomic mass is 35.5. The van der Waals surface area contributed by atoms with Gasteiger partial charge in [0.05, 0.1) is 5.00 Å². The van der Waals surface area contributed by atoms with E-state index in [1.54, 1.807) is 11.3 Å². The highest BCUT2D eigenvalue weighted by Gasteiger charge is 1.97. The minimum absolute atomic E-state index is 0.689. The maximum absolute atomic E-state index is 5.58. The molecule has 0 fully saturated rings. The number of hydrogen-bond donors (Lipinski definition) is 0. The average molecular weight is 176 g/mol. The molecule has 1 nitrogen and oxygen atoms in total. The first-order valence-electron chi connectivity index (χ1n) is 3.15. The van der Waals surface area contributed by atoms with E-state index in [9.17, 15) is 0 Å². The number of nitrogens with zero attached hydrogens (tertiary/aromatic N) is 1. The van der Waals surface area contributed by atoms with E-state index in [1.165, 1.54) is 5.00 Å². The van der Waals surface area contributed by atoms with E-state index in [1.807, 2.05) is 13.1 Å². The molecule has 0 aliphatic carbocycles. The van der Waals surface area contributed by atoms with Crippen LogP contribution in [0.3, 0.4) is 0 Å². The fraction of sp³-hybridized carbons (Fsp3) is 0.429. The molecule has 0 spiro atoms. The second kappa shape index (κ2) is 3.84. The second-order valence-electron chi connectivity index (χ2n) is 2.06. The zero-order valence-corrected chi connectivity index (χ0v) is 7.45. The molecule has 0 radical (unpaired) electrons. The van der Waals surface area contributed by atoms with Crippen molar-refractivity contribution in [1.82, 2.24) is 0 Å². The van der Waals surface area contributed by atoms with Gasteiger partial charge in [0.15, 0.2) is 0 Å². The van der Waals surface area contributed by atoms with Gasteiger partial charge in [0.1, 0.15) is 0 Å². The summed E-state index contributed by atoms with van der Waals surface area (Å²) in [5.74, 6) is 0.689. The zero-order valence-electron chi connectivity index (χ0n) is 5.88. The minimum Gasteiger partial charge on any atom is -0.365 e. The fourth-order valence-corrected chi connectivity index (χ4v) is 1.70. The second-order valence-corrected chi connectivity index (χ2v) is 3.37. The maximum atomic E-state index is 5.58. The van der Waals surface area contributed by atoms with E-state index in [0.717, 1.165) is 6.54 Å². The summed E-state index contributed by atoms with van der Waals surface area (Å²) in [4.78, 5) is 2.15. The number of thiophene rings is 1. The molecule has 56 valence electrons. The molecule has 0 amide bonds. The molecule has 0 atom stereocenters. The smallest absolute Gasteiger partial charge is 0.0906 e. The Morgan fingerprint density at radius 2 is 2.50 bits per heavy atom.